The van der Waals surface area contributed by atoms with Crippen molar-refractivity contribution in [3.8, 4) is 6.07 Å². The van der Waals surface area contributed by atoms with Gasteiger partial charge in [-0.2, -0.15) is 10.4 Å². The zero-order valence-electron chi connectivity index (χ0n) is 14.2. The smallest absolute Gasteiger partial charge is 0.120 e. The third-order valence-electron chi connectivity index (χ3n) is 4.44. The molecular weight excluding hydrogens is 274 g/mol. The molecular formula is C17H25N5. The highest BCUT2D eigenvalue weighted by Gasteiger charge is 2.11. The predicted octanol–water partition coefficient (Wildman–Crippen LogP) is 2.61. The minimum Gasteiger partial charge on any atom is -0.340 e. The molecule has 2 heterocycles. The minimum atomic E-state index is 0.727. The molecule has 0 spiro atoms. The third kappa shape index (κ3) is 3.40. The fourth-order valence-corrected chi connectivity index (χ4v) is 2.87. The first kappa shape index (κ1) is 16.3. The van der Waals surface area contributed by atoms with Gasteiger partial charge >= 0.3 is 0 Å². The summed E-state index contributed by atoms with van der Waals surface area (Å²) in [7, 11) is 4.08. The van der Waals surface area contributed by atoms with E-state index in [-0.39, 0.29) is 0 Å². The zero-order valence-corrected chi connectivity index (χ0v) is 14.2. The molecule has 0 aliphatic carbocycles. The van der Waals surface area contributed by atoms with Crippen LogP contribution >= 0.6 is 0 Å². The molecule has 118 valence electrons. The molecule has 2 rings (SSSR count). The van der Waals surface area contributed by atoms with E-state index in [0.717, 1.165) is 37.3 Å². The average Bonchev–Trinajstić information content (AvgIpc) is 2.94. The quantitative estimate of drug-likeness (QED) is 0.892. The van der Waals surface area contributed by atoms with Crippen LogP contribution in [0.5, 0.6) is 0 Å². The molecule has 5 nitrogen and oxygen atoms in total. The second-order valence-electron chi connectivity index (χ2n) is 6.06. The predicted molar refractivity (Wildman–Crippen MR) is 87.6 cm³/mol. The maximum absolute atomic E-state index is 9.10. The molecule has 0 amide bonds. The van der Waals surface area contributed by atoms with E-state index >= 15 is 0 Å². The van der Waals surface area contributed by atoms with E-state index in [0.29, 0.717) is 0 Å². The number of nitrogens with one attached hydrogen (secondary N) is 1. The fraction of sp³-hybridized carbons (Fsp3) is 0.529. The Kier molecular flexibility index (Phi) is 5.04. The molecule has 22 heavy (non-hydrogen) atoms. The number of rotatable bonds is 6. The number of aromatic nitrogens is 3. The number of nitrogens with zero attached hydrogens (tertiary/aromatic N) is 4. The van der Waals surface area contributed by atoms with E-state index in [1.807, 2.05) is 17.7 Å². The van der Waals surface area contributed by atoms with Gasteiger partial charge in [0.15, 0.2) is 0 Å². The summed E-state index contributed by atoms with van der Waals surface area (Å²) in [4.78, 5) is 2.31. The molecule has 0 saturated heterocycles. The van der Waals surface area contributed by atoms with Gasteiger partial charge in [0.05, 0.1) is 5.69 Å². The van der Waals surface area contributed by atoms with Gasteiger partial charge in [-0.25, -0.2) is 0 Å². The topological polar surface area (TPSA) is 60.6 Å². The molecule has 0 saturated carbocycles. The zero-order chi connectivity index (χ0) is 16.3. The summed E-state index contributed by atoms with van der Waals surface area (Å²) in [5.74, 6) is 0. The Morgan fingerprint density at radius 3 is 2.64 bits per heavy atom. The van der Waals surface area contributed by atoms with Gasteiger partial charge in [0.2, 0.25) is 0 Å². The number of hydrogen-bond acceptors (Lipinski definition) is 3. The van der Waals surface area contributed by atoms with Crippen molar-refractivity contribution in [2.45, 2.75) is 40.2 Å². The Bertz CT molecular complexity index is 667. The van der Waals surface area contributed by atoms with Gasteiger partial charge in [-0.05, 0) is 64.4 Å². The standard InChI is InChI=1S/C17H25N5/c1-12-17(13(2)20-19-12)7-6-8-21(4)11-15-9-16(10-18)22(5)14(15)3/h9H,6-8,11H2,1-5H3,(H,19,20). The minimum absolute atomic E-state index is 0.727. The first-order valence-corrected chi connectivity index (χ1v) is 7.68. The number of H-pyrrole nitrogens is 1. The van der Waals surface area contributed by atoms with Crippen LogP contribution in [0.15, 0.2) is 6.07 Å². The maximum atomic E-state index is 9.10. The van der Waals surface area contributed by atoms with E-state index in [1.165, 1.54) is 22.5 Å². The van der Waals surface area contributed by atoms with Crippen molar-refractivity contribution in [2.24, 2.45) is 7.05 Å². The molecule has 5 heteroatoms. The number of hydrogen-bond donors (Lipinski definition) is 1. The average molecular weight is 299 g/mol. The van der Waals surface area contributed by atoms with Crippen LogP contribution in [0.2, 0.25) is 0 Å². The van der Waals surface area contributed by atoms with Crippen LogP contribution in [-0.2, 0) is 20.0 Å². The van der Waals surface area contributed by atoms with Crippen LogP contribution in [0.4, 0.5) is 0 Å². The van der Waals surface area contributed by atoms with Crippen LogP contribution in [0, 0.1) is 32.1 Å². The maximum Gasteiger partial charge on any atom is 0.120 e. The highest BCUT2D eigenvalue weighted by molar-refractivity contribution is 5.34. The number of aromatic amines is 1. The van der Waals surface area contributed by atoms with E-state index in [1.54, 1.807) is 0 Å². The molecule has 0 radical (unpaired) electrons. The van der Waals surface area contributed by atoms with Gasteiger partial charge < -0.3 is 9.47 Å². The van der Waals surface area contributed by atoms with Gasteiger partial charge in [-0.3, -0.25) is 5.10 Å². The van der Waals surface area contributed by atoms with Crippen molar-refractivity contribution in [1.82, 2.24) is 19.7 Å². The van der Waals surface area contributed by atoms with Gasteiger partial charge in [0.25, 0.3) is 0 Å². The normalized spacial score (nSPS) is 11.1. The summed E-state index contributed by atoms with van der Waals surface area (Å²) < 4.78 is 1.96. The van der Waals surface area contributed by atoms with Gasteiger partial charge in [0.1, 0.15) is 11.8 Å². The molecule has 0 aromatic carbocycles. The number of aryl methyl sites for hydroxylation is 2. The Hall–Kier alpha value is -2.06. The lowest BCUT2D eigenvalue weighted by atomic mass is 10.1. The Morgan fingerprint density at radius 2 is 2.09 bits per heavy atom. The summed E-state index contributed by atoms with van der Waals surface area (Å²) in [6.45, 7) is 8.11. The molecule has 0 bridgehead atoms. The van der Waals surface area contributed by atoms with Crippen LogP contribution in [0.1, 0.15) is 40.3 Å². The second-order valence-corrected chi connectivity index (χ2v) is 6.06. The molecule has 0 aliphatic heterocycles. The van der Waals surface area contributed by atoms with Crippen molar-refractivity contribution >= 4 is 0 Å². The van der Waals surface area contributed by atoms with E-state index in [4.69, 9.17) is 5.26 Å². The molecule has 0 fully saturated rings. The molecule has 0 aliphatic rings. The molecule has 2 aromatic rings. The van der Waals surface area contributed by atoms with Crippen LogP contribution in [-0.4, -0.2) is 33.3 Å². The molecule has 0 atom stereocenters. The van der Waals surface area contributed by atoms with Crippen molar-refractivity contribution < 1.29 is 0 Å². The summed E-state index contributed by atoms with van der Waals surface area (Å²) in [5.41, 5.74) is 6.76. The van der Waals surface area contributed by atoms with Gasteiger partial charge in [-0.15, -0.1) is 0 Å². The molecule has 2 aromatic heterocycles. The van der Waals surface area contributed by atoms with Crippen LogP contribution in [0.25, 0.3) is 0 Å². The number of nitriles is 1. The summed E-state index contributed by atoms with van der Waals surface area (Å²) >= 11 is 0. The fourth-order valence-electron chi connectivity index (χ4n) is 2.87. The van der Waals surface area contributed by atoms with Crippen LogP contribution < -0.4 is 0 Å². The summed E-state index contributed by atoms with van der Waals surface area (Å²) in [6, 6.07) is 4.23. The van der Waals surface area contributed by atoms with Gasteiger partial charge in [0, 0.05) is 25.0 Å². The van der Waals surface area contributed by atoms with Crippen molar-refractivity contribution in [3.05, 3.63) is 40.0 Å². The Balaban J connectivity index is 1.89. The first-order chi connectivity index (χ1) is 10.4. The van der Waals surface area contributed by atoms with Crippen molar-refractivity contribution in [1.29, 1.82) is 5.26 Å². The molecule has 0 unspecified atom stereocenters. The monoisotopic (exact) mass is 299 g/mol. The van der Waals surface area contributed by atoms with E-state index in [2.05, 4.69) is 49.0 Å². The highest BCUT2D eigenvalue weighted by Crippen LogP contribution is 2.16. The van der Waals surface area contributed by atoms with Crippen molar-refractivity contribution in [2.75, 3.05) is 13.6 Å². The van der Waals surface area contributed by atoms with E-state index in [9.17, 15) is 0 Å². The SMILES string of the molecule is Cc1n[nH]c(C)c1CCCN(C)Cc1cc(C#N)n(C)c1C. The third-order valence-corrected chi connectivity index (χ3v) is 4.44. The summed E-state index contributed by atoms with van der Waals surface area (Å²) in [6.07, 6.45) is 2.16. The summed E-state index contributed by atoms with van der Waals surface area (Å²) in [5, 5.41) is 16.4. The van der Waals surface area contributed by atoms with E-state index < -0.39 is 0 Å². The first-order valence-electron chi connectivity index (χ1n) is 7.68. The Labute approximate surface area is 132 Å². The largest absolute Gasteiger partial charge is 0.340 e. The van der Waals surface area contributed by atoms with Gasteiger partial charge in [-0.1, -0.05) is 0 Å². The van der Waals surface area contributed by atoms with Crippen LogP contribution in [0.3, 0.4) is 0 Å². The highest BCUT2D eigenvalue weighted by atomic mass is 15.1. The molecule has 1 N–H and O–H groups in total. The lowest BCUT2D eigenvalue weighted by molar-refractivity contribution is 0.321. The van der Waals surface area contributed by atoms with Crippen molar-refractivity contribution in [3.63, 3.8) is 0 Å². The lowest BCUT2D eigenvalue weighted by Gasteiger charge is -2.16. The Morgan fingerprint density at radius 1 is 1.36 bits per heavy atom. The lowest BCUT2D eigenvalue weighted by Crippen LogP contribution is -2.20. The second kappa shape index (κ2) is 6.80.